The summed E-state index contributed by atoms with van der Waals surface area (Å²) in [5.41, 5.74) is 5.11. The number of carbonyl (C=O) groups is 1. The molecule has 0 bridgehead atoms. The number of hydrogen-bond acceptors (Lipinski definition) is 4. The van der Waals surface area contributed by atoms with Crippen LogP contribution >= 0.6 is 11.6 Å². The minimum absolute atomic E-state index is 0.279. The maximum atomic E-state index is 11.2. The van der Waals surface area contributed by atoms with Gasteiger partial charge in [-0.15, -0.1) is 0 Å². The SMILES string of the molecule is O=C(O)c1cccc(/C=C\Cc2cc(Nc3ccc(Cl)cc3)cc(C3CCOCC3)n2)c1. The molecule has 1 fully saturated rings. The summed E-state index contributed by atoms with van der Waals surface area (Å²) in [5.74, 6) is -0.547. The number of carboxylic acid groups (broad SMARTS) is 1. The normalized spacial score (nSPS) is 14.5. The van der Waals surface area contributed by atoms with Crippen LogP contribution in [0.3, 0.4) is 0 Å². The van der Waals surface area contributed by atoms with E-state index in [1.807, 2.05) is 42.5 Å². The first-order valence-electron chi connectivity index (χ1n) is 10.7. The summed E-state index contributed by atoms with van der Waals surface area (Å²) in [6.45, 7) is 1.52. The van der Waals surface area contributed by atoms with Gasteiger partial charge in [-0.25, -0.2) is 4.79 Å². The molecule has 1 aromatic heterocycles. The Labute approximate surface area is 192 Å². The van der Waals surface area contributed by atoms with Crippen molar-refractivity contribution >= 4 is 35.0 Å². The van der Waals surface area contributed by atoms with Gasteiger partial charge in [0.05, 0.1) is 5.56 Å². The molecule has 1 saturated heterocycles. The van der Waals surface area contributed by atoms with Gasteiger partial charge in [-0.1, -0.05) is 35.9 Å². The molecule has 1 aliphatic heterocycles. The van der Waals surface area contributed by atoms with Crippen molar-refractivity contribution in [2.24, 2.45) is 0 Å². The van der Waals surface area contributed by atoms with Gasteiger partial charge in [0.1, 0.15) is 0 Å². The van der Waals surface area contributed by atoms with E-state index in [2.05, 4.69) is 17.4 Å². The molecule has 0 radical (unpaired) electrons. The van der Waals surface area contributed by atoms with Gasteiger partial charge in [0.25, 0.3) is 0 Å². The quantitative estimate of drug-likeness (QED) is 0.442. The Morgan fingerprint density at radius 3 is 2.62 bits per heavy atom. The molecule has 6 heteroatoms. The summed E-state index contributed by atoms with van der Waals surface area (Å²) in [5, 5.41) is 13.3. The second-order valence-electron chi connectivity index (χ2n) is 7.83. The first kappa shape index (κ1) is 22.1. The lowest BCUT2D eigenvalue weighted by molar-refractivity contribution is 0.0697. The zero-order valence-corrected chi connectivity index (χ0v) is 18.4. The fraction of sp³-hybridized carbons (Fsp3) is 0.231. The number of aromatic nitrogens is 1. The minimum atomic E-state index is -0.927. The molecule has 4 rings (SSSR count). The van der Waals surface area contributed by atoms with E-state index in [1.54, 1.807) is 18.2 Å². The van der Waals surface area contributed by atoms with Gasteiger partial charge in [0.15, 0.2) is 0 Å². The average molecular weight is 449 g/mol. The number of hydrogen-bond donors (Lipinski definition) is 2. The van der Waals surface area contributed by atoms with E-state index < -0.39 is 5.97 Å². The first-order chi connectivity index (χ1) is 15.6. The number of allylic oxidation sites excluding steroid dienone is 1. The molecular formula is C26H25ClN2O3. The Hall–Kier alpha value is -3.15. The van der Waals surface area contributed by atoms with Crippen LogP contribution < -0.4 is 5.32 Å². The maximum Gasteiger partial charge on any atom is 0.335 e. The molecule has 0 saturated carbocycles. The van der Waals surface area contributed by atoms with E-state index in [0.29, 0.717) is 17.4 Å². The third kappa shape index (κ3) is 5.96. The average Bonchev–Trinajstić information content (AvgIpc) is 2.81. The molecule has 32 heavy (non-hydrogen) atoms. The Morgan fingerprint density at radius 2 is 1.88 bits per heavy atom. The van der Waals surface area contributed by atoms with Gasteiger partial charge in [-0.05, 0) is 66.9 Å². The molecule has 2 aromatic carbocycles. The van der Waals surface area contributed by atoms with Crippen LogP contribution in [-0.4, -0.2) is 29.3 Å². The van der Waals surface area contributed by atoms with Gasteiger partial charge in [-0.2, -0.15) is 0 Å². The predicted molar refractivity (Wildman–Crippen MR) is 128 cm³/mol. The Morgan fingerprint density at radius 1 is 1.09 bits per heavy atom. The third-order valence-electron chi connectivity index (χ3n) is 5.44. The maximum absolute atomic E-state index is 11.2. The van der Waals surface area contributed by atoms with Crippen LogP contribution in [0.4, 0.5) is 11.4 Å². The molecular weight excluding hydrogens is 424 g/mol. The standard InChI is InChI=1S/C26H25ClN2O3/c27-21-7-9-22(10-8-21)28-24-16-23(29-25(17-24)19-11-13-32-14-12-19)6-2-4-18-3-1-5-20(15-18)26(30)31/h1-5,7-10,15-17,19H,6,11-14H2,(H,28,29)(H,30,31)/b4-2-. The topological polar surface area (TPSA) is 71.5 Å². The summed E-state index contributed by atoms with van der Waals surface area (Å²) in [6.07, 6.45) is 6.53. The van der Waals surface area contributed by atoms with E-state index in [-0.39, 0.29) is 5.56 Å². The number of benzene rings is 2. The molecule has 164 valence electrons. The number of ether oxygens (including phenoxy) is 1. The molecule has 0 amide bonds. The van der Waals surface area contributed by atoms with Gasteiger partial charge >= 0.3 is 5.97 Å². The Kier molecular flexibility index (Phi) is 7.20. The molecule has 0 unspecified atom stereocenters. The summed E-state index contributed by atoms with van der Waals surface area (Å²) in [6, 6.07) is 18.7. The van der Waals surface area contributed by atoms with Gasteiger partial charge in [0.2, 0.25) is 0 Å². The summed E-state index contributed by atoms with van der Waals surface area (Å²) in [7, 11) is 0. The number of carboxylic acids is 1. The van der Waals surface area contributed by atoms with Crippen molar-refractivity contribution in [3.8, 4) is 0 Å². The van der Waals surface area contributed by atoms with Crippen LogP contribution in [0.25, 0.3) is 6.08 Å². The monoisotopic (exact) mass is 448 g/mol. The van der Waals surface area contributed by atoms with Crippen molar-refractivity contribution in [3.63, 3.8) is 0 Å². The van der Waals surface area contributed by atoms with Crippen LogP contribution in [0.2, 0.25) is 5.02 Å². The summed E-state index contributed by atoms with van der Waals surface area (Å²) >= 11 is 6.01. The van der Waals surface area contributed by atoms with Crippen LogP contribution in [0.15, 0.2) is 66.7 Å². The zero-order valence-electron chi connectivity index (χ0n) is 17.6. The minimum Gasteiger partial charge on any atom is -0.478 e. The number of pyridine rings is 1. The highest BCUT2D eigenvalue weighted by Gasteiger charge is 2.18. The van der Waals surface area contributed by atoms with Crippen molar-refractivity contribution in [2.75, 3.05) is 18.5 Å². The van der Waals surface area contributed by atoms with Crippen molar-refractivity contribution < 1.29 is 14.6 Å². The smallest absolute Gasteiger partial charge is 0.335 e. The van der Waals surface area contributed by atoms with Crippen LogP contribution in [-0.2, 0) is 11.2 Å². The molecule has 0 spiro atoms. The number of anilines is 2. The Balaban J connectivity index is 1.56. The predicted octanol–water partition coefficient (Wildman–Crippen LogP) is 6.33. The molecule has 2 heterocycles. The van der Waals surface area contributed by atoms with Crippen molar-refractivity contribution in [3.05, 3.63) is 94.3 Å². The number of rotatable bonds is 7. The molecule has 0 atom stereocenters. The number of nitrogens with one attached hydrogen (secondary N) is 1. The van der Waals surface area contributed by atoms with E-state index >= 15 is 0 Å². The van der Waals surface area contributed by atoms with Crippen molar-refractivity contribution in [2.45, 2.75) is 25.2 Å². The van der Waals surface area contributed by atoms with Crippen LogP contribution in [0.1, 0.15) is 46.1 Å². The first-order valence-corrected chi connectivity index (χ1v) is 11.1. The second-order valence-corrected chi connectivity index (χ2v) is 8.26. The lowest BCUT2D eigenvalue weighted by Crippen LogP contribution is -2.16. The molecule has 1 aliphatic rings. The fourth-order valence-corrected chi connectivity index (χ4v) is 3.91. The lowest BCUT2D eigenvalue weighted by Gasteiger charge is -2.22. The molecule has 2 N–H and O–H groups in total. The summed E-state index contributed by atoms with van der Waals surface area (Å²) < 4.78 is 5.52. The number of aromatic carboxylic acids is 1. The zero-order chi connectivity index (χ0) is 22.3. The molecule has 0 aliphatic carbocycles. The van der Waals surface area contributed by atoms with Crippen LogP contribution in [0.5, 0.6) is 0 Å². The summed E-state index contributed by atoms with van der Waals surface area (Å²) in [4.78, 5) is 16.1. The van der Waals surface area contributed by atoms with Crippen molar-refractivity contribution in [1.82, 2.24) is 4.98 Å². The van der Waals surface area contributed by atoms with E-state index in [1.165, 1.54) is 0 Å². The van der Waals surface area contributed by atoms with Gasteiger partial charge in [-0.3, -0.25) is 4.98 Å². The highest BCUT2D eigenvalue weighted by atomic mass is 35.5. The van der Waals surface area contributed by atoms with E-state index in [4.69, 9.17) is 21.3 Å². The third-order valence-corrected chi connectivity index (χ3v) is 5.69. The highest BCUT2D eigenvalue weighted by Crippen LogP contribution is 2.29. The van der Waals surface area contributed by atoms with E-state index in [0.717, 1.165) is 54.4 Å². The second kappa shape index (κ2) is 10.4. The number of halogens is 1. The Bertz CT molecular complexity index is 1110. The molecule has 3 aromatic rings. The van der Waals surface area contributed by atoms with Gasteiger partial charge in [0, 0.05) is 53.3 Å². The number of nitrogens with zero attached hydrogens (tertiary/aromatic N) is 1. The largest absolute Gasteiger partial charge is 0.478 e. The van der Waals surface area contributed by atoms with E-state index in [9.17, 15) is 9.90 Å². The fourth-order valence-electron chi connectivity index (χ4n) is 3.78. The molecule has 5 nitrogen and oxygen atoms in total. The highest BCUT2D eigenvalue weighted by molar-refractivity contribution is 6.30. The van der Waals surface area contributed by atoms with Crippen LogP contribution in [0, 0.1) is 0 Å². The van der Waals surface area contributed by atoms with Gasteiger partial charge < -0.3 is 15.2 Å². The van der Waals surface area contributed by atoms with Crippen molar-refractivity contribution in [1.29, 1.82) is 0 Å². The lowest BCUT2D eigenvalue weighted by atomic mass is 9.95.